The molecule has 0 bridgehead atoms. The Bertz CT molecular complexity index is 1030. The van der Waals surface area contributed by atoms with Gasteiger partial charge in [-0.3, -0.25) is 9.69 Å². The van der Waals surface area contributed by atoms with E-state index in [2.05, 4.69) is 53.4 Å². The Morgan fingerprint density at radius 1 is 0.968 bits per heavy atom. The Labute approximate surface area is 182 Å². The first-order valence-corrected chi connectivity index (χ1v) is 10.9. The molecule has 4 heteroatoms. The molecule has 3 aromatic carbocycles. The average Bonchev–Trinajstić information content (AvgIpc) is 3.59. The van der Waals surface area contributed by atoms with Gasteiger partial charge in [0.05, 0.1) is 11.6 Å². The van der Waals surface area contributed by atoms with E-state index in [0.717, 1.165) is 31.5 Å². The average molecular weight is 416 g/mol. The Balaban J connectivity index is 1.34. The fourth-order valence-electron chi connectivity index (χ4n) is 4.48. The van der Waals surface area contributed by atoms with Crippen LogP contribution in [0.15, 0.2) is 72.8 Å². The second-order valence-electron chi connectivity index (χ2n) is 8.62. The fourth-order valence-corrected chi connectivity index (χ4v) is 4.48. The molecule has 0 aromatic heterocycles. The van der Waals surface area contributed by atoms with Crippen molar-refractivity contribution in [3.63, 3.8) is 0 Å². The number of nitrogens with zero attached hydrogens (tertiary/aromatic N) is 1. The minimum absolute atomic E-state index is 0.00926. The van der Waals surface area contributed by atoms with Gasteiger partial charge in [0.25, 0.3) is 0 Å². The lowest BCUT2D eigenvalue weighted by atomic mass is 9.93. The third-order valence-electron chi connectivity index (χ3n) is 6.26. The number of rotatable bonds is 7. The second kappa shape index (κ2) is 8.27. The predicted octanol–water partition coefficient (Wildman–Crippen LogP) is 5.76. The lowest BCUT2D eigenvalue weighted by Gasteiger charge is -2.44. The van der Waals surface area contributed by atoms with Gasteiger partial charge in [-0.05, 0) is 48.4 Å². The zero-order valence-corrected chi connectivity index (χ0v) is 17.6. The second-order valence-corrected chi connectivity index (χ2v) is 8.62. The van der Waals surface area contributed by atoms with Crippen LogP contribution in [0.5, 0.6) is 5.75 Å². The van der Waals surface area contributed by atoms with Crippen LogP contribution in [0.3, 0.4) is 0 Å². The molecule has 2 aliphatic rings. The number of carbonyl (C=O) groups excluding carboxylic acids is 1. The van der Waals surface area contributed by atoms with Gasteiger partial charge in [-0.25, -0.2) is 4.39 Å². The fraction of sp³-hybridized carbons (Fsp3) is 0.296. The lowest BCUT2D eigenvalue weighted by molar-refractivity contribution is -0.000360. The Morgan fingerprint density at radius 3 is 2.06 bits per heavy atom. The van der Waals surface area contributed by atoms with Gasteiger partial charge >= 0.3 is 0 Å². The zero-order chi connectivity index (χ0) is 21.4. The van der Waals surface area contributed by atoms with Gasteiger partial charge in [-0.2, -0.15) is 0 Å². The molecular weight excluding hydrogens is 389 g/mol. The van der Waals surface area contributed by atoms with E-state index < -0.39 is 5.82 Å². The highest BCUT2D eigenvalue weighted by atomic mass is 19.1. The number of Topliss-reactive ketones (excluding diaryl/α,β-unsaturated/α-hetero) is 1. The topological polar surface area (TPSA) is 29.5 Å². The van der Waals surface area contributed by atoms with Gasteiger partial charge < -0.3 is 4.74 Å². The van der Waals surface area contributed by atoms with Crippen LogP contribution in [0.25, 0.3) is 0 Å². The molecule has 3 aromatic rings. The number of hydrogen-bond acceptors (Lipinski definition) is 3. The first-order valence-electron chi connectivity index (χ1n) is 10.9. The molecule has 158 valence electrons. The van der Waals surface area contributed by atoms with Crippen molar-refractivity contribution in [1.29, 1.82) is 0 Å². The van der Waals surface area contributed by atoms with E-state index in [1.54, 1.807) is 6.07 Å². The van der Waals surface area contributed by atoms with Crippen LogP contribution in [0.2, 0.25) is 0 Å². The predicted molar refractivity (Wildman–Crippen MR) is 119 cm³/mol. The summed E-state index contributed by atoms with van der Waals surface area (Å²) in [6.45, 7) is 2.95. The molecule has 1 aliphatic heterocycles. The van der Waals surface area contributed by atoms with Crippen LogP contribution in [-0.4, -0.2) is 29.9 Å². The molecule has 1 saturated carbocycles. The van der Waals surface area contributed by atoms with Crippen molar-refractivity contribution < 1.29 is 13.9 Å². The molecule has 0 N–H and O–H groups in total. The highest BCUT2D eigenvalue weighted by Gasteiger charge is 2.37. The summed E-state index contributed by atoms with van der Waals surface area (Å²) in [4.78, 5) is 14.2. The summed E-state index contributed by atoms with van der Waals surface area (Å²) in [7, 11) is 0. The zero-order valence-electron chi connectivity index (χ0n) is 17.6. The van der Waals surface area contributed by atoms with Crippen molar-refractivity contribution in [3.8, 4) is 5.75 Å². The van der Waals surface area contributed by atoms with Crippen LogP contribution in [0.1, 0.15) is 58.8 Å². The summed E-state index contributed by atoms with van der Waals surface area (Å²) >= 11 is 0. The van der Waals surface area contributed by atoms with E-state index >= 15 is 0 Å². The van der Waals surface area contributed by atoms with Crippen LogP contribution < -0.4 is 4.74 Å². The van der Waals surface area contributed by atoms with Gasteiger partial charge in [0.15, 0.2) is 5.78 Å². The minimum Gasteiger partial charge on any atom is -0.487 e. The molecule has 1 aliphatic carbocycles. The first kappa shape index (κ1) is 20.0. The van der Waals surface area contributed by atoms with E-state index in [1.165, 1.54) is 24.1 Å². The molecule has 2 fully saturated rings. The van der Waals surface area contributed by atoms with Gasteiger partial charge in [0, 0.05) is 19.2 Å². The summed E-state index contributed by atoms with van der Waals surface area (Å²) in [5, 5.41) is 0. The Kier molecular flexibility index (Phi) is 5.33. The maximum absolute atomic E-state index is 14.5. The summed E-state index contributed by atoms with van der Waals surface area (Å²) in [5.41, 5.74) is 3.65. The number of carbonyl (C=O) groups is 1. The maximum atomic E-state index is 14.5. The summed E-state index contributed by atoms with van der Waals surface area (Å²) in [5.74, 6) is 0.251. The molecule has 5 rings (SSSR count). The largest absolute Gasteiger partial charge is 0.487 e. The minimum atomic E-state index is -0.491. The molecule has 0 unspecified atom stereocenters. The first-order chi connectivity index (χ1) is 15.1. The van der Waals surface area contributed by atoms with Crippen molar-refractivity contribution in [1.82, 2.24) is 4.90 Å². The molecule has 3 nitrogen and oxygen atoms in total. The van der Waals surface area contributed by atoms with Crippen LogP contribution in [0, 0.1) is 5.82 Å². The summed E-state index contributed by atoms with van der Waals surface area (Å²) in [6, 6.07) is 24.3. The number of benzene rings is 3. The van der Waals surface area contributed by atoms with Gasteiger partial charge in [-0.1, -0.05) is 60.7 Å². The molecule has 31 heavy (non-hydrogen) atoms. The quantitative estimate of drug-likeness (QED) is 0.460. The van der Waals surface area contributed by atoms with E-state index in [0.29, 0.717) is 11.7 Å². The van der Waals surface area contributed by atoms with Gasteiger partial charge in [0.1, 0.15) is 17.7 Å². The number of halogens is 1. The highest BCUT2D eigenvalue weighted by molar-refractivity contribution is 5.94. The molecule has 0 radical (unpaired) electrons. The number of likely N-dealkylation sites (tertiary alicyclic amines) is 1. The van der Waals surface area contributed by atoms with Crippen molar-refractivity contribution >= 4 is 5.78 Å². The van der Waals surface area contributed by atoms with Crippen molar-refractivity contribution in [2.24, 2.45) is 0 Å². The van der Waals surface area contributed by atoms with Crippen LogP contribution in [-0.2, 0) is 0 Å². The standard InChI is InChI=1S/C27H26FNO2/c1-18(30)23-14-24(19-12-13-19)26(15-25(23)28)31-22-16-29(17-22)27(20-8-4-2-5-9-20)21-10-6-3-7-11-21/h2-11,14-15,19,22,27H,12-13,16-17H2,1H3. The molecule has 0 spiro atoms. The third kappa shape index (κ3) is 4.13. The lowest BCUT2D eigenvalue weighted by Crippen LogP contribution is -2.55. The SMILES string of the molecule is CC(=O)c1cc(C2CC2)c(OC2CN(C(c3ccccc3)c3ccccc3)C2)cc1F. The van der Waals surface area contributed by atoms with Crippen molar-refractivity contribution in [3.05, 3.63) is 101 Å². The summed E-state index contributed by atoms with van der Waals surface area (Å²) < 4.78 is 20.7. The molecule has 1 heterocycles. The number of hydrogen-bond donors (Lipinski definition) is 0. The van der Waals surface area contributed by atoms with E-state index in [1.807, 2.05) is 12.1 Å². The maximum Gasteiger partial charge on any atom is 0.162 e. The van der Waals surface area contributed by atoms with Gasteiger partial charge in [0.2, 0.25) is 0 Å². The van der Waals surface area contributed by atoms with Crippen LogP contribution >= 0.6 is 0 Å². The normalized spacial score (nSPS) is 16.9. The smallest absolute Gasteiger partial charge is 0.162 e. The number of ketones is 1. The van der Waals surface area contributed by atoms with Gasteiger partial charge in [-0.15, -0.1) is 0 Å². The Hall–Kier alpha value is -2.98. The highest BCUT2D eigenvalue weighted by Crippen LogP contribution is 2.46. The van der Waals surface area contributed by atoms with E-state index in [-0.39, 0.29) is 23.5 Å². The molecule has 0 atom stereocenters. The van der Waals surface area contributed by atoms with E-state index in [9.17, 15) is 9.18 Å². The summed E-state index contributed by atoms with van der Waals surface area (Å²) in [6.07, 6.45) is 2.15. The number of ether oxygens (including phenoxy) is 1. The third-order valence-corrected chi connectivity index (χ3v) is 6.26. The molecule has 1 saturated heterocycles. The molecule has 0 amide bonds. The Morgan fingerprint density at radius 2 is 1.55 bits per heavy atom. The van der Waals surface area contributed by atoms with Crippen LogP contribution in [0.4, 0.5) is 4.39 Å². The monoisotopic (exact) mass is 415 g/mol. The molecular formula is C27H26FNO2. The van der Waals surface area contributed by atoms with Crippen molar-refractivity contribution in [2.45, 2.75) is 37.8 Å². The van der Waals surface area contributed by atoms with E-state index in [4.69, 9.17) is 4.74 Å². The van der Waals surface area contributed by atoms with Crippen molar-refractivity contribution in [2.75, 3.05) is 13.1 Å².